The number of ether oxygens (including phenoxy) is 1. The van der Waals surface area contributed by atoms with Gasteiger partial charge in [-0.15, -0.1) is 0 Å². The molecule has 5 heteroatoms. The van der Waals surface area contributed by atoms with Crippen LogP contribution in [0.1, 0.15) is 64.2 Å². The quantitative estimate of drug-likeness (QED) is 0.387. The Labute approximate surface area is 157 Å². The second kappa shape index (κ2) is 9.86. The van der Waals surface area contributed by atoms with Crippen LogP contribution in [-0.2, 0) is 9.53 Å². The lowest BCUT2D eigenvalue weighted by molar-refractivity contribution is -0.137. The molecule has 3 fully saturated rings. The zero-order valence-electron chi connectivity index (χ0n) is 15.8. The van der Waals surface area contributed by atoms with Crippen molar-refractivity contribution in [2.24, 2.45) is 17.8 Å². The molecular weight excluding hydrogens is 330 g/mol. The largest absolute Gasteiger partial charge is 0.481 e. The lowest BCUT2D eigenvalue weighted by Crippen LogP contribution is -2.39. The molecule has 2 saturated heterocycles. The van der Waals surface area contributed by atoms with E-state index < -0.39 is 5.97 Å². The standard InChI is InChI=1S/C21H35NO4/c23-18(15-7-5-6-8-15)14-22-13-17-16(19-11-12-20(17)26-19)9-3-1-2-4-10-21(24)25/h1,3,15-20,22-23H,2,4-14H2,(H,24,25)/b3-1-/t16-,17+,18?,19-,20+/m1/s1. The maximum absolute atomic E-state index is 10.5. The lowest BCUT2D eigenvalue weighted by Gasteiger charge is -2.28. The second-order valence-electron chi connectivity index (χ2n) is 8.38. The van der Waals surface area contributed by atoms with Crippen molar-refractivity contribution in [2.45, 2.75) is 82.5 Å². The summed E-state index contributed by atoms with van der Waals surface area (Å²) in [5.41, 5.74) is 0. The number of hydrogen-bond acceptors (Lipinski definition) is 4. The fourth-order valence-corrected chi connectivity index (χ4v) is 5.13. The van der Waals surface area contributed by atoms with Gasteiger partial charge in [0.2, 0.25) is 0 Å². The molecule has 3 aliphatic rings. The van der Waals surface area contributed by atoms with E-state index in [2.05, 4.69) is 17.5 Å². The number of aliphatic hydroxyl groups is 1. The number of rotatable bonds is 11. The summed E-state index contributed by atoms with van der Waals surface area (Å²) in [6, 6.07) is 0. The monoisotopic (exact) mass is 365 g/mol. The smallest absolute Gasteiger partial charge is 0.303 e. The molecule has 26 heavy (non-hydrogen) atoms. The molecule has 1 unspecified atom stereocenters. The maximum Gasteiger partial charge on any atom is 0.303 e. The first-order valence-corrected chi connectivity index (χ1v) is 10.6. The maximum atomic E-state index is 10.5. The number of unbranched alkanes of at least 4 members (excludes halogenated alkanes) is 1. The van der Waals surface area contributed by atoms with E-state index in [0.29, 0.717) is 42.9 Å². The van der Waals surface area contributed by atoms with Crippen LogP contribution in [0, 0.1) is 17.8 Å². The Balaban J connectivity index is 1.39. The van der Waals surface area contributed by atoms with Gasteiger partial charge in [0.05, 0.1) is 18.3 Å². The summed E-state index contributed by atoms with van der Waals surface area (Å²) in [5.74, 6) is 0.864. The van der Waals surface area contributed by atoms with Crippen LogP contribution in [0.25, 0.3) is 0 Å². The number of nitrogens with one attached hydrogen (secondary N) is 1. The van der Waals surface area contributed by atoms with Gasteiger partial charge in [0.1, 0.15) is 0 Å². The summed E-state index contributed by atoms with van der Waals surface area (Å²) in [5, 5.41) is 22.5. The molecule has 2 bridgehead atoms. The van der Waals surface area contributed by atoms with Gasteiger partial charge in [0.15, 0.2) is 0 Å². The number of carbonyl (C=O) groups is 1. The Morgan fingerprint density at radius 2 is 1.85 bits per heavy atom. The summed E-state index contributed by atoms with van der Waals surface area (Å²) >= 11 is 0. The van der Waals surface area contributed by atoms with Gasteiger partial charge in [0.25, 0.3) is 0 Å². The van der Waals surface area contributed by atoms with E-state index in [0.717, 1.165) is 19.4 Å². The number of fused-ring (bicyclic) bond motifs is 2. The summed E-state index contributed by atoms with van der Waals surface area (Å²) in [6.45, 7) is 1.64. The average Bonchev–Trinajstić information content (AvgIpc) is 3.35. The number of allylic oxidation sites excluding steroid dienone is 2. The molecule has 148 valence electrons. The van der Waals surface area contributed by atoms with E-state index in [-0.39, 0.29) is 12.5 Å². The van der Waals surface area contributed by atoms with E-state index >= 15 is 0 Å². The SMILES string of the molecule is O=C(O)CCC/C=C\C[C@@H]1[C@H](CNCC(O)C2CCCC2)[C@@H]2CC[C@H]1O2. The zero-order valence-corrected chi connectivity index (χ0v) is 15.8. The molecule has 0 radical (unpaired) electrons. The Morgan fingerprint density at radius 1 is 1.12 bits per heavy atom. The molecular formula is C21H35NO4. The highest BCUT2D eigenvalue weighted by molar-refractivity contribution is 5.66. The Bertz CT molecular complexity index is 475. The Hall–Kier alpha value is -0.910. The van der Waals surface area contributed by atoms with Crippen molar-refractivity contribution in [3.8, 4) is 0 Å². The first-order valence-electron chi connectivity index (χ1n) is 10.6. The molecule has 1 saturated carbocycles. The fourth-order valence-electron chi connectivity index (χ4n) is 5.13. The number of hydrogen-bond donors (Lipinski definition) is 3. The van der Waals surface area contributed by atoms with E-state index in [9.17, 15) is 9.90 Å². The molecule has 0 amide bonds. The van der Waals surface area contributed by atoms with Crippen molar-refractivity contribution in [3.05, 3.63) is 12.2 Å². The molecule has 0 spiro atoms. The van der Waals surface area contributed by atoms with Crippen LogP contribution in [0.4, 0.5) is 0 Å². The van der Waals surface area contributed by atoms with Crippen LogP contribution >= 0.6 is 0 Å². The third kappa shape index (κ3) is 5.30. The molecule has 0 aromatic rings. The predicted molar refractivity (Wildman–Crippen MR) is 101 cm³/mol. The molecule has 5 nitrogen and oxygen atoms in total. The van der Waals surface area contributed by atoms with Gasteiger partial charge in [-0.2, -0.15) is 0 Å². The first-order chi connectivity index (χ1) is 12.6. The van der Waals surface area contributed by atoms with Crippen molar-refractivity contribution in [1.82, 2.24) is 5.32 Å². The summed E-state index contributed by atoms with van der Waals surface area (Å²) in [4.78, 5) is 10.5. The molecule has 0 aromatic heterocycles. The minimum absolute atomic E-state index is 0.204. The van der Waals surface area contributed by atoms with Crippen LogP contribution in [0.5, 0.6) is 0 Å². The van der Waals surface area contributed by atoms with Crippen LogP contribution in [0.3, 0.4) is 0 Å². The van der Waals surface area contributed by atoms with Gasteiger partial charge < -0.3 is 20.3 Å². The summed E-state index contributed by atoms with van der Waals surface area (Å²) in [7, 11) is 0. The third-order valence-electron chi connectivity index (χ3n) is 6.60. The highest BCUT2D eigenvalue weighted by atomic mass is 16.5. The zero-order chi connectivity index (χ0) is 18.4. The molecule has 2 aliphatic heterocycles. The summed E-state index contributed by atoms with van der Waals surface area (Å²) in [6.07, 6.45) is 14.9. The Morgan fingerprint density at radius 3 is 2.58 bits per heavy atom. The molecule has 3 rings (SSSR count). The van der Waals surface area contributed by atoms with Crippen LogP contribution in [0.15, 0.2) is 12.2 Å². The van der Waals surface area contributed by atoms with E-state index in [1.165, 1.54) is 38.5 Å². The minimum atomic E-state index is -0.717. The van der Waals surface area contributed by atoms with E-state index in [1.807, 2.05) is 0 Å². The fraction of sp³-hybridized carbons (Fsp3) is 0.857. The number of carboxylic acid groups (broad SMARTS) is 1. The minimum Gasteiger partial charge on any atom is -0.481 e. The predicted octanol–water partition coefficient (Wildman–Crippen LogP) is 3.12. The van der Waals surface area contributed by atoms with Gasteiger partial charge in [-0.3, -0.25) is 4.79 Å². The molecule has 1 aliphatic carbocycles. The van der Waals surface area contributed by atoms with Crippen molar-refractivity contribution in [3.63, 3.8) is 0 Å². The number of carboxylic acids is 1. The second-order valence-corrected chi connectivity index (χ2v) is 8.38. The van der Waals surface area contributed by atoms with Gasteiger partial charge >= 0.3 is 5.97 Å². The Kier molecular flexibility index (Phi) is 7.52. The van der Waals surface area contributed by atoms with Gasteiger partial charge in [0, 0.05) is 25.4 Å². The van der Waals surface area contributed by atoms with Gasteiger partial charge in [-0.1, -0.05) is 25.0 Å². The van der Waals surface area contributed by atoms with Gasteiger partial charge in [-0.25, -0.2) is 0 Å². The average molecular weight is 366 g/mol. The van der Waals surface area contributed by atoms with Crippen molar-refractivity contribution in [1.29, 1.82) is 0 Å². The normalized spacial score (nSPS) is 32.7. The van der Waals surface area contributed by atoms with Crippen LogP contribution < -0.4 is 5.32 Å². The van der Waals surface area contributed by atoms with E-state index in [4.69, 9.17) is 9.84 Å². The topological polar surface area (TPSA) is 78.8 Å². The molecule has 0 aromatic carbocycles. The summed E-state index contributed by atoms with van der Waals surface area (Å²) < 4.78 is 6.15. The van der Waals surface area contributed by atoms with Crippen molar-refractivity contribution in [2.75, 3.05) is 13.1 Å². The molecule has 3 N–H and O–H groups in total. The molecule has 2 heterocycles. The van der Waals surface area contributed by atoms with Crippen LogP contribution in [0.2, 0.25) is 0 Å². The third-order valence-corrected chi connectivity index (χ3v) is 6.60. The van der Waals surface area contributed by atoms with Crippen molar-refractivity contribution >= 4 is 5.97 Å². The molecule has 5 atom stereocenters. The number of aliphatic hydroxyl groups excluding tert-OH is 1. The van der Waals surface area contributed by atoms with Crippen molar-refractivity contribution < 1.29 is 19.7 Å². The highest BCUT2D eigenvalue weighted by Gasteiger charge is 2.47. The van der Waals surface area contributed by atoms with E-state index in [1.54, 1.807) is 0 Å². The highest BCUT2D eigenvalue weighted by Crippen LogP contribution is 2.44. The van der Waals surface area contributed by atoms with Crippen LogP contribution in [-0.4, -0.2) is 47.6 Å². The number of aliphatic carboxylic acids is 1. The first kappa shape index (κ1) is 19.8. The lowest BCUT2D eigenvalue weighted by atomic mass is 9.77. The van der Waals surface area contributed by atoms with Gasteiger partial charge in [-0.05, 0) is 56.8 Å².